The quantitative estimate of drug-likeness (QED) is 0.904. The summed E-state index contributed by atoms with van der Waals surface area (Å²) in [5.74, 6) is 0. The highest BCUT2D eigenvalue weighted by Gasteiger charge is 2.18. The van der Waals surface area contributed by atoms with Crippen LogP contribution in [0.5, 0.6) is 0 Å². The molecule has 1 aliphatic heterocycles. The fourth-order valence-corrected chi connectivity index (χ4v) is 3.57. The van der Waals surface area contributed by atoms with Gasteiger partial charge in [0.25, 0.3) is 0 Å². The molecule has 2 atom stereocenters. The number of nitrogens with one attached hydrogen (secondary N) is 2. The van der Waals surface area contributed by atoms with Crippen LogP contribution in [-0.4, -0.2) is 27.4 Å². The van der Waals surface area contributed by atoms with Crippen molar-refractivity contribution in [1.29, 1.82) is 0 Å². The molecule has 0 amide bonds. The van der Waals surface area contributed by atoms with E-state index in [0.717, 1.165) is 29.7 Å². The summed E-state index contributed by atoms with van der Waals surface area (Å²) in [6.07, 6.45) is 5.00. The zero-order chi connectivity index (χ0) is 13.9. The minimum atomic E-state index is 0.357. The van der Waals surface area contributed by atoms with Crippen molar-refractivity contribution in [2.45, 2.75) is 44.7 Å². The first-order valence-electron chi connectivity index (χ1n) is 7.15. The maximum absolute atomic E-state index is 6.31. The third-order valence-electron chi connectivity index (χ3n) is 3.82. The number of aromatic nitrogens is 2. The summed E-state index contributed by atoms with van der Waals surface area (Å²) in [5.41, 5.74) is 2.71. The third-order valence-corrected chi connectivity index (χ3v) is 4.68. The largest absolute Gasteiger partial charge is 0.379 e. The number of benzene rings is 1. The Balaban J connectivity index is 1.71. The van der Waals surface area contributed by atoms with E-state index in [9.17, 15) is 0 Å². The number of hydrogen-bond donors (Lipinski definition) is 2. The molecule has 0 radical (unpaired) electrons. The van der Waals surface area contributed by atoms with Crippen LogP contribution in [0.1, 0.15) is 32.6 Å². The molecule has 1 aliphatic rings. The number of piperidine rings is 1. The molecule has 0 saturated carbocycles. The van der Waals surface area contributed by atoms with Crippen molar-refractivity contribution in [3.63, 3.8) is 0 Å². The van der Waals surface area contributed by atoms with Gasteiger partial charge in [0, 0.05) is 12.1 Å². The van der Waals surface area contributed by atoms with Gasteiger partial charge in [0.1, 0.15) is 11.0 Å². The van der Waals surface area contributed by atoms with Crippen molar-refractivity contribution >= 4 is 40.0 Å². The Kier molecular flexibility index (Phi) is 4.38. The van der Waals surface area contributed by atoms with E-state index < -0.39 is 0 Å². The number of fused-ring (bicyclic) bond motifs is 1. The van der Waals surface area contributed by atoms with Gasteiger partial charge in [-0.05, 0) is 44.9 Å². The molecule has 2 unspecified atom stereocenters. The van der Waals surface area contributed by atoms with Crippen LogP contribution in [0.15, 0.2) is 12.1 Å². The van der Waals surface area contributed by atoms with Crippen molar-refractivity contribution in [3.8, 4) is 0 Å². The molecule has 4 nitrogen and oxygen atoms in total. The van der Waals surface area contributed by atoms with Gasteiger partial charge >= 0.3 is 0 Å². The molecule has 0 spiro atoms. The topological polar surface area (TPSA) is 49.8 Å². The summed E-state index contributed by atoms with van der Waals surface area (Å²) in [7, 11) is 0. The van der Waals surface area contributed by atoms with Gasteiger partial charge in [-0.25, -0.2) is 0 Å². The number of halogens is 1. The Bertz CT molecular complexity index is 580. The lowest BCUT2D eigenvalue weighted by Gasteiger charge is -2.27. The fourth-order valence-electron chi connectivity index (χ4n) is 2.82. The Labute approximate surface area is 128 Å². The van der Waals surface area contributed by atoms with E-state index in [1.54, 1.807) is 0 Å². The predicted octanol–water partition coefficient (Wildman–Crippen LogP) is 3.68. The van der Waals surface area contributed by atoms with Crippen LogP contribution in [0.3, 0.4) is 0 Å². The first-order chi connectivity index (χ1) is 9.74. The minimum absolute atomic E-state index is 0.357. The van der Waals surface area contributed by atoms with Gasteiger partial charge in [-0.1, -0.05) is 18.0 Å². The summed E-state index contributed by atoms with van der Waals surface area (Å²) in [6.45, 7) is 3.34. The Morgan fingerprint density at radius 1 is 1.45 bits per heavy atom. The van der Waals surface area contributed by atoms with Crippen LogP contribution in [0.2, 0.25) is 5.02 Å². The Morgan fingerprint density at radius 2 is 2.35 bits per heavy atom. The molecular weight excluding hydrogens is 292 g/mol. The van der Waals surface area contributed by atoms with E-state index in [4.69, 9.17) is 11.6 Å². The molecule has 108 valence electrons. The van der Waals surface area contributed by atoms with Crippen LogP contribution in [0.25, 0.3) is 11.0 Å². The van der Waals surface area contributed by atoms with E-state index in [-0.39, 0.29) is 0 Å². The van der Waals surface area contributed by atoms with Gasteiger partial charge in [-0.15, -0.1) is 0 Å². The van der Waals surface area contributed by atoms with Crippen molar-refractivity contribution in [3.05, 3.63) is 17.2 Å². The summed E-state index contributed by atoms with van der Waals surface area (Å²) in [6, 6.07) is 4.77. The summed E-state index contributed by atoms with van der Waals surface area (Å²) in [5, 5.41) is 7.82. The van der Waals surface area contributed by atoms with Crippen molar-refractivity contribution in [2.24, 2.45) is 0 Å². The number of nitrogens with zero attached hydrogens (tertiary/aromatic N) is 2. The van der Waals surface area contributed by atoms with Crippen LogP contribution < -0.4 is 10.6 Å². The summed E-state index contributed by atoms with van der Waals surface area (Å²) in [4.78, 5) is 0. The molecule has 2 heterocycles. The summed E-state index contributed by atoms with van der Waals surface area (Å²) < 4.78 is 8.61. The molecule has 6 heteroatoms. The Hall–Kier alpha value is -0.910. The standard InChI is InChI=1S/C14H19ClN4S/c1-9(8-10-4-2-3-7-16-10)17-13-11(15)5-6-12-14(13)19-20-18-12/h5-6,9-10,16-17H,2-4,7-8H2,1H3. The van der Waals surface area contributed by atoms with E-state index in [0.29, 0.717) is 17.1 Å². The van der Waals surface area contributed by atoms with Crippen molar-refractivity contribution < 1.29 is 0 Å². The van der Waals surface area contributed by atoms with Crippen molar-refractivity contribution in [2.75, 3.05) is 11.9 Å². The smallest absolute Gasteiger partial charge is 0.129 e. The maximum Gasteiger partial charge on any atom is 0.129 e. The lowest BCUT2D eigenvalue weighted by molar-refractivity contribution is 0.371. The number of rotatable bonds is 4. The monoisotopic (exact) mass is 310 g/mol. The normalized spacial score (nSPS) is 21.0. The molecule has 20 heavy (non-hydrogen) atoms. The second-order valence-corrected chi connectivity index (χ2v) is 6.42. The minimum Gasteiger partial charge on any atom is -0.379 e. The summed E-state index contributed by atoms with van der Waals surface area (Å²) >= 11 is 7.53. The lowest BCUT2D eigenvalue weighted by Crippen LogP contribution is -2.37. The predicted molar refractivity (Wildman–Crippen MR) is 85.8 cm³/mol. The van der Waals surface area contributed by atoms with Gasteiger partial charge in [-0.2, -0.15) is 8.75 Å². The van der Waals surface area contributed by atoms with Gasteiger partial charge in [0.2, 0.25) is 0 Å². The molecule has 2 N–H and O–H groups in total. The highest BCUT2D eigenvalue weighted by Crippen LogP contribution is 2.31. The maximum atomic E-state index is 6.31. The lowest BCUT2D eigenvalue weighted by atomic mass is 9.98. The number of hydrogen-bond acceptors (Lipinski definition) is 5. The average molecular weight is 311 g/mol. The fraction of sp³-hybridized carbons (Fsp3) is 0.571. The molecule has 1 fully saturated rings. The van der Waals surface area contributed by atoms with Crippen LogP contribution >= 0.6 is 23.3 Å². The van der Waals surface area contributed by atoms with Gasteiger partial charge in [0.15, 0.2) is 0 Å². The van der Waals surface area contributed by atoms with E-state index in [1.165, 1.54) is 31.0 Å². The van der Waals surface area contributed by atoms with E-state index in [2.05, 4.69) is 26.3 Å². The first kappa shape index (κ1) is 14.0. The molecule has 1 saturated heterocycles. The molecule has 1 aromatic heterocycles. The second-order valence-electron chi connectivity index (χ2n) is 5.48. The molecule has 0 bridgehead atoms. The molecule has 2 aromatic rings. The zero-order valence-corrected chi connectivity index (χ0v) is 13.1. The third kappa shape index (κ3) is 3.05. The van der Waals surface area contributed by atoms with Gasteiger partial charge in [-0.3, -0.25) is 0 Å². The highest BCUT2D eigenvalue weighted by molar-refractivity contribution is 7.00. The zero-order valence-electron chi connectivity index (χ0n) is 11.5. The molecule has 3 rings (SSSR count). The van der Waals surface area contributed by atoms with E-state index >= 15 is 0 Å². The van der Waals surface area contributed by atoms with Crippen LogP contribution in [0, 0.1) is 0 Å². The highest BCUT2D eigenvalue weighted by atomic mass is 35.5. The second kappa shape index (κ2) is 6.24. The SMILES string of the molecule is CC(CC1CCCCN1)Nc1c(Cl)ccc2nsnc12. The van der Waals surface area contributed by atoms with Crippen LogP contribution in [-0.2, 0) is 0 Å². The van der Waals surface area contributed by atoms with Crippen LogP contribution in [0.4, 0.5) is 5.69 Å². The van der Waals surface area contributed by atoms with Gasteiger partial charge in [0.05, 0.1) is 22.4 Å². The Morgan fingerprint density at radius 3 is 3.15 bits per heavy atom. The number of anilines is 1. The molecular formula is C14H19ClN4S. The van der Waals surface area contributed by atoms with Gasteiger partial charge < -0.3 is 10.6 Å². The van der Waals surface area contributed by atoms with Crippen molar-refractivity contribution in [1.82, 2.24) is 14.1 Å². The van der Waals surface area contributed by atoms with E-state index in [1.807, 2.05) is 12.1 Å². The average Bonchev–Trinajstić information content (AvgIpc) is 2.92. The molecule has 1 aromatic carbocycles. The molecule has 0 aliphatic carbocycles. The first-order valence-corrected chi connectivity index (χ1v) is 8.25.